The van der Waals surface area contributed by atoms with E-state index in [0.29, 0.717) is 18.5 Å². The monoisotopic (exact) mass is 285 g/mol. The summed E-state index contributed by atoms with van der Waals surface area (Å²) in [5.41, 5.74) is 0.305. The van der Waals surface area contributed by atoms with Gasteiger partial charge in [-0.3, -0.25) is 4.79 Å². The van der Waals surface area contributed by atoms with E-state index >= 15 is 0 Å². The van der Waals surface area contributed by atoms with Gasteiger partial charge in [0.05, 0.1) is 11.1 Å². The minimum absolute atomic E-state index is 0.0125. The molecule has 19 heavy (non-hydrogen) atoms. The Kier molecular flexibility index (Phi) is 4.42. The molecular weight excluding hydrogens is 269 g/mol. The third-order valence-electron chi connectivity index (χ3n) is 3.42. The van der Waals surface area contributed by atoms with Gasteiger partial charge in [0.15, 0.2) is 0 Å². The molecule has 1 fully saturated rings. The lowest BCUT2D eigenvalue weighted by molar-refractivity contribution is 0.0681. The number of rotatable bonds is 3. The first-order chi connectivity index (χ1) is 8.99. The van der Waals surface area contributed by atoms with Crippen molar-refractivity contribution >= 4 is 17.5 Å². The number of hydrogen-bond acceptors (Lipinski definition) is 2. The SMILES string of the molecule is CC(O)CC1CCCN1C(=O)c1ccc(Cl)c(F)c1. The maximum Gasteiger partial charge on any atom is 0.254 e. The minimum atomic E-state index is -0.584. The molecule has 2 atom stereocenters. The summed E-state index contributed by atoms with van der Waals surface area (Å²) < 4.78 is 13.4. The Morgan fingerprint density at radius 1 is 1.63 bits per heavy atom. The van der Waals surface area contributed by atoms with E-state index in [1.807, 2.05) is 0 Å². The van der Waals surface area contributed by atoms with Crippen LogP contribution in [0.1, 0.15) is 36.5 Å². The van der Waals surface area contributed by atoms with Crippen LogP contribution in [0.15, 0.2) is 18.2 Å². The van der Waals surface area contributed by atoms with Crippen LogP contribution in [0.5, 0.6) is 0 Å². The molecule has 0 aliphatic carbocycles. The molecule has 1 aliphatic rings. The Bertz CT molecular complexity index is 479. The summed E-state index contributed by atoms with van der Waals surface area (Å²) >= 11 is 5.61. The molecule has 1 aromatic rings. The van der Waals surface area contributed by atoms with Crippen molar-refractivity contribution in [2.75, 3.05) is 6.54 Å². The highest BCUT2D eigenvalue weighted by Gasteiger charge is 2.30. The summed E-state index contributed by atoms with van der Waals surface area (Å²) in [6.07, 6.45) is 1.91. The van der Waals surface area contributed by atoms with Crippen LogP contribution in [-0.4, -0.2) is 34.6 Å². The minimum Gasteiger partial charge on any atom is -0.393 e. The number of halogens is 2. The van der Waals surface area contributed by atoms with Gasteiger partial charge >= 0.3 is 0 Å². The average molecular weight is 286 g/mol. The van der Waals surface area contributed by atoms with Crippen LogP contribution >= 0.6 is 11.6 Å². The number of nitrogens with zero attached hydrogens (tertiary/aromatic N) is 1. The van der Waals surface area contributed by atoms with Gasteiger partial charge in [0.1, 0.15) is 5.82 Å². The zero-order chi connectivity index (χ0) is 14.0. The van der Waals surface area contributed by atoms with Gasteiger partial charge in [-0.15, -0.1) is 0 Å². The molecule has 1 heterocycles. The van der Waals surface area contributed by atoms with Gasteiger partial charge < -0.3 is 10.0 Å². The number of carbonyl (C=O) groups excluding carboxylic acids is 1. The molecule has 0 spiro atoms. The molecule has 1 aromatic carbocycles. The number of hydrogen-bond donors (Lipinski definition) is 1. The molecule has 5 heteroatoms. The topological polar surface area (TPSA) is 40.5 Å². The van der Waals surface area contributed by atoms with Crippen LogP contribution in [0.4, 0.5) is 4.39 Å². The Labute approximate surface area is 117 Å². The third kappa shape index (κ3) is 3.25. The van der Waals surface area contributed by atoms with Crippen molar-refractivity contribution in [2.45, 2.75) is 38.3 Å². The molecule has 1 saturated heterocycles. The second-order valence-corrected chi connectivity index (χ2v) is 5.42. The molecule has 1 aliphatic heterocycles. The lowest BCUT2D eigenvalue weighted by Crippen LogP contribution is -2.37. The summed E-state index contributed by atoms with van der Waals surface area (Å²) in [6, 6.07) is 4.13. The molecule has 0 saturated carbocycles. The Balaban J connectivity index is 2.16. The normalized spacial score (nSPS) is 20.6. The van der Waals surface area contributed by atoms with E-state index in [4.69, 9.17) is 11.6 Å². The lowest BCUT2D eigenvalue weighted by Gasteiger charge is -2.25. The van der Waals surface area contributed by atoms with Gasteiger partial charge in [-0.2, -0.15) is 0 Å². The van der Waals surface area contributed by atoms with Crippen LogP contribution in [0.25, 0.3) is 0 Å². The van der Waals surface area contributed by atoms with E-state index < -0.39 is 11.9 Å². The fourth-order valence-electron chi connectivity index (χ4n) is 2.54. The highest BCUT2D eigenvalue weighted by Crippen LogP contribution is 2.25. The van der Waals surface area contributed by atoms with Gasteiger partial charge in [0.25, 0.3) is 5.91 Å². The zero-order valence-corrected chi connectivity index (χ0v) is 11.5. The first-order valence-electron chi connectivity index (χ1n) is 6.43. The summed E-state index contributed by atoms with van der Waals surface area (Å²) in [4.78, 5) is 14.1. The Morgan fingerprint density at radius 2 is 2.37 bits per heavy atom. The summed E-state index contributed by atoms with van der Waals surface area (Å²) in [6.45, 7) is 2.36. The first kappa shape index (κ1) is 14.3. The standard InChI is InChI=1S/C14H17ClFNO2/c1-9(18)7-11-3-2-6-17(11)14(19)10-4-5-12(15)13(16)8-10/h4-5,8-9,11,18H,2-3,6-7H2,1H3. The Morgan fingerprint density at radius 3 is 3.00 bits per heavy atom. The van der Waals surface area contributed by atoms with Crippen molar-refractivity contribution in [3.8, 4) is 0 Å². The highest BCUT2D eigenvalue weighted by atomic mass is 35.5. The van der Waals surface area contributed by atoms with Gasteiger partial charge in [-0.05, 0) is 44.4 Å². The van der Waals surface area contributed by atoms with E-state index in [9.17, 15) is 14.3 Å². The van der Waals surface area contributed by atoms with Crippen molar-refractivity contribution in [1.29, 1.82) is 0 Å². The second-order valence-electron chi connectivity index (χ2n) is 5.01. The van der Waals surface area contributed by atoms with Crippen molar-refractivity contribution in [3.63, 3.8) is 0 Å². The zero-order valence-electron chi connectivity index (χ0n) is 10.8. The molecule has 0 aromatic heterocycles. The van der Waals surface area contributed by atoms with Gasteiger partial charge in [-0.1, -0.05) is 11.6 Å². The van der Waals surface area contributed by atoms with Gasteiger partial charge in [-0.25, -0.2) is 4.39 Å². The average Bonchev–Trinajstić information content (AvgIpc) is 2.79. The molecule has 104 valence electrons. The molecular formula is C14H17ClFNO2. The van der Waals surface area contributed by atoms with Gasteiger partial charge in [0.2, 0.25) is 0 Å². The number of amides is 1. The molecule has 1 N–H and O–H groups in total. The van der Waals surface area contributed by atoms with E-state index in [-0.39, 0.29) is 17.0 Å². The number of aliphatic hydroxyl groups is 1. The molecule has 2 rings (SSSR count). The number of benzene rings is 1. The maximum absolute atomic E-state index is 13.4. The summed E-state index contributed by atoms with van der Waals surface area (Å²) in [5.74, 6) is -0.780. The van der Waals surface area contributed by atoms with Gasteiger partial charge in [0, 0.05) is 18.2 Å². The quantitative estimate of drug-likeness (QED) is 0.928. The molecule has 3 nitrogen and oxygen atoms in total. The molecule has 2 unspecified atom stereocenters. The van der Waals surface area contributed by atoms with Crippen molar-refractivity contribution in [1.82, 2.24) is 4.90 Å². The largest absolute Gasteiger partial charge is 0.393 e. The predicted molar refractivity (Wildman–Crippen MR) is 71.8 cm³/mol. The van der Waals surface area contributed by atoms with Crippen LogP contribution in [-0.2, 0) is 0 Å². The van der Waals surface area contributed by atoms with Crippen LogP contribution in [0, 0.1) is 5.82 Å². The Hall–Kier alpha value is -1.13. The van der Waals surface area contributed by atoms with Crippen LogP contribution < -0.4 is 0 Å². The maximum atomic E-state index is 13.4. The summed E-state index contributed by atoms with van der Waals surface area (Å²) in [7, 11) is 0. The number of aliphatic hydroxyl groups excluding tert-OH is 1. The van der Waals surface area contributed by atoms with Crippen molar-refractivity contribution < 1.29 is 14.3 Å². The smallest absolute Gasteiger partial charge is 0.254 e. The predicted octanol–water partition coefficient (Wildman–Crippen LogP) is 2.85. The van der Waals surface area contributed by atoms with Crippen LogP contribution in [0.2, 0.25) is 5.02 Å². The highest BCUT2D eigenvalue weighted by molar-refractivity contribution is 6.30. The number of carbonyl (C=O) groups is 1. The fraction of sp³-hybridized carbons (Fsp3) is 0.500. The van der Waals surface area contributed by atoms with Crippen molar-refractivity contribution in [3.05, 3.63) is 34.6 Å². The lowest BCUT2D eigenvalue weighted by atomic mass is 10.1. The van der Waals surface area contributed by atoms with E-state index in [1.165, 1.54) is 18.2 Å². The van der Waals surface area contributed by atoms with Crippen molar-refractivity contribution in [2.24, 2.45) is 0 Å². The number of likely N-dealkylation sites (tertiary alicyclic amines) is 1. The third-order valence-corrected chi connectivity index (χ3v) is 3.72. The van der Waals surface area contributed by atoms with Crippen LogP contribution in [0.3, 0.4) is 0 Å². The molecule has 1 amide bonds. The van der Waals surface area contributed by atoms with E-state index in [2.05, 4.69) is 0 Å². The second kappa shape index (κ2) is 5.88. The summed E-state index contributed by atoms with van der Waals surface area (Å²) in [5, 5.41) is 9.46. The van der Waals surface area contributed by atoms with E-state index in [0.717, 1.165) is 12.8 Å². The first-order valence-corrected chi connectivity index (χ1v) is 6.81. The molecule has 0 bridgehead atoms. The fourth-order valence-corrected chi connectivity index (χ4v) is 2.65. The molecule has 0 radical (unpaired) electrons. The van der Waals surface area contributed by atoms with E-state index in [1.54, 1.807) is 11.8 Å².